The molecular weight excluding hydrogens is 444 g/mol. The molecule has 2 aliphatic carbocycles. The van der Waals surface area contributed by atoms with Crippen LogP contribution >= 0.6 is 0 Å². The van der Waals surface area contributed by atoms with Crippen LogP contribution in [0, 0.1) is 5.92 Å². The number of carbonyl (C=O) groups excluding carboxylic acids is 2. The third-order valence-corrected chi connectivity index (χ3v) is 7.52. The van der Waals surface area contributed by atoms with Crippen molar-refractivity contribution in [3.8, 4) is 11.1 Å². The molecule has 2 aromatic rings. The summed E-state index contributed by atoms with van der Waals surface area (Å²) in [5.74, 6) is -1.77. The number of rotatable bonds is 8. The molecule has 35 heavy (non-hydrogen) atoms. The van der Waals surface area contributed by atoms with Crippen LogP contribution in [-0.2, 0) is 14.3 Å². The molecule has 2 unspecified atom stereocenters. The van der Waals surface area contributed by atoms with E-state index in [9.17, 15) is 19.5 Å². The van der Waals surface area contributed by atoms with Crippen LogP contribution in [-0.4, -0.2) is 41.3 Å². The minimum Gasteiger partial charge on any atom is -0.481 e. The number of carboxylic acid groups (broad SMARTS) is 1. The summed E-state index contributed by atoms with van der Waals surface area (Å²) in [6.45, 7) is 3.91. The van der Waals surface area contributed by atoms with E-state index in [4.69, 9.17) is 4.74 Å². The van der Waals surface area contributed by atoms with Gasteiger partial charge in [-0.15, -0.1) is 0 Å². The number of hydrogen-bond acceptors (Lipinski definition) is 4. The summed E-state index contributed by atoms with van der Waals surface area (Å²) in [5, 5.41) is 15.3. The van der Waals surface area contributed by atoms with Gasteiger partial charge in [-0.05, 0) is 48.4 Å². The van der Waals surface area contributed by atoms with Crippen molar-refractivity contribution in [2.45, 2.75) is 69.9 Å². The molecule has 0 aromatic heterocycles. The molecule has 7 heteroatoms. The highest BCUT2D eigenvalue weighted by molar-refractivity contribution is 5.81. The van der Waals surface area contributed by atoms with Gasteiger partial charge in [-0.25, -0.2) is 4.79 Å². The summed E-state index contributed by atoms with van der Waals surface area (Å²) in [6, 6.07) is 15.9. The van der Waals surface area contributed by atoms with Gasteiger partial charge in [0, 0.05) is 18.4 Å². The molecular formula is C28H34N2O5. The predicted molar refractivity (Wildman–Crippen MR) is 133 cm³/mol. The Hall–Kier alpha value is -3.35. The minimum absolute atomic E-state index is 0.0317. The zero-order valence-electron chi connectivity index (χ0n) is 20.4. The molecule has 3 atom stereocenters. The van der Waals surface area contributed by atoms with Gasteiger partial charge >= 0.3 is 12.1 Å². The summed E-state index contributed by atoms with van der Waals surface area (Å²) in [5.41, 5.74) is 3.83. The molecule has 0 spiro atoms. The van der Waals surface area contributed by atoms with Crippen LogP contribution in [0.5, 0.6) is 0 Å². The highest BCUT2D eigenvalue weighted by Crippen LogP contribution is 2.44. The van der Waals surface area contributed by atoms with E-state index in [1.807, 2.05) is 38.1 Å². The number of ether oxygens (including phenoxy) is 1. The first-order valence-corrected chi connectivity index (χ1v) is 12.5. The molecule has 1 fully saturated rings. The summed E-state index contributed by atoms with van der Waals surface area (Å²) in [7, 11) is 0. The Balaban J connectivity index is 1.33. The molecule has 0 radical (unpaired) electrons. The van der Waals surface area contributed by atoms with Crippen LogP contribution in [0.3, 0.4) is 0 Å². The van der Waals surface area contributed by atoms with Crippen molar-refractivity contribution < 1.29 is 24.2 Å². The van der Waals surface area contributed by atoms with E-state index in [0.29, 0.717) is 19.3 Å². The van der Waals surface area contributed by atoms with Crippen LogP contribution in [0.2, 0.25) is 0 Å². The third kappa shape index (κ3) is 5.34. The first kappa shape index (κ1) is 24.8. The van der Waals surface area contributed by atoms with E-state index in [0.717, 1.165) is 35.1 Å². The van der Waals surface area contributed by atoms with Crippen LogP contribution < -0.4 is 10.6 Å². The number of carbonyl (C=O) groups is 3. The summed E-state index contributed by atoms with van der Waals surface area (Å²) in [6.07, 6.45) is 2.99. The lowest BCUT2D eigenvalue weighted by Gasteiger charge is -2.40. The van der Waals surface area contributed by atoms with Gasteiger partial charge < -0.3 is 20.5 Å². The first-order valence-electron chi connectivity index (χ1n) is 12.5. The summed E-state index contributed by atoms with van der Waals surface area (Å²) < 4.78 is 5.61. The SMILES string of the molecule is CC[C@H](CC(=O)NC1(C)CCCCC1C(=O)O)NC(=O)OCC1c2ccccc2-c2ccccc21. The normalized spacial score (nSPS) is 21.9. The zero-order chi connectivity index (χ0) is 25.0. The number of fused-ring (bicyclic) bond motifs is 3. The van der Waals surface area contributed by atoms with Crippen molar-refractivity contribution >= 4 is 18.0 Å². The lowest BCUT2D eigenvalue weighted by molar-refractivity contribution is -0.146. The fourth-order valence-corrected chi connectivity index (χ4v) is 5.58. The molecule has 2 aromatic carbocycles. The van der Waals surface area contributed by atoms with Crippen molar-refractivity contribution in [1.29, 1.82) is 0 Å². The van der Waals surface area contributed by atoms with E-state index >= 15 is 0 Å². The molecule has 3 N–H and O–H groups in total. The Morgan fingerprint density at radius 3 is 2.29 bits per heavy atom. The highest BCUT2D eigenvalue weighted by Gasteiger charge is 2.42. The number of hydrogen-bond donors (Lipinski definition) is 3. The Morgan fingerprint density at radius 2 is 1.69 bits per heavy atom. The minimum atomic E-state index is -0.878. The summed E-state index contributed by atoms with van der Waals surface area (Å²) >= 11 is 0. The molecule has 0 aliphatic heterocycles. The average Bonchev–Trinajstić information content (AvgIpc) is 3.15. The zero-order valence-corrected chi connectivity index (χ0v) is 20.4. The van der Waals surface area contributed by atoms with Gasteiger partial charge in [0.1, 0.15) is 6.61 Å². The second-order valence-corrected chi connectivity index (χ2v) is 9.88. The van der Waals surface area contributed by atoms with E-state index in [-0.39, 0.29) is 24.9 Å². The van der Waals surface area contributed by atoms with E-state index < -0.39 is 29.6 Å². The molecule has 7 nitrogen and oxygen atoms in total. The smallest absolute Gasteiger partial charge is 0.407 e. The standard InChI is InChI=1S/C28H34N2O5/c1-3-18(16-25(31)30-28(2)15-9-8-14-24(28)26(32)33)29-27(34)35-17-23-21-12-6-4-10-19(21)20-11-5-7-13-22(20)23/h4-7,10-13,18,23-24H,3,8-9,14-17H2,1-2H3,(H,29,34)(H,30,31)(H,32,33)/t18-,24?,28?/m1/s1. The third-order valence-electron chi connectivity index (χ3n) is 7.52. The molecule has 2 aliphatic rings. The lowest BCUT2D eigenvalue weighted by atomic mass is 9.74. The van der Waals surface area contributed by atoms with Crippen molar-refractivity contribution in [3.63, 3.8) is 0 Å². The van der Waals surface area contributed by atoms with Crippen molar-refractivity contribution in [1.82, 2.24) is 10.6 Å². The second kappa shape index (κ2) is 10.5. The van der Waals surface area contributed by atoms with Gasteiger partial charge in [0.15, 0.2) is 0 Å². The van der Waals surface area contributed by atoms with Crippen molar-refractivity contribution in [3.05, 3.63) is 59.7 Å². The van der Waals surface area contributed by atoms with Gasteiger partial charge in [-0.3, -0.25) is 9.59 Å². The van der Waals surface area contributed by atoms with E-state index in [1.165, 1.54) is 0 Å². The van der Waals surface area contributed by atoms with Gasteiger partial charge in [-0.2, -0.15) is 0 Å². The summed E-state index contributed by atoms with van der Waals surface area (Å²) in [4.78, 5) is 37.1. The number of aliphatic carboxylic acids is 1. The fourth-order valence-electron chi connectivity index (χ4n) is 5.58. The van der Waals surface area contributed by atoms with Gasteiger partial charge in [-0.1, -0.05) is 68.3 Å². The first-order chi connectivity index (χ1) is 16.8. The van der Waals surface area contributed by atoms with Crippen LogP contribution in [0.4, 0.5) is 4.79 Å². The van der Waals surface area contributed by atoms with Crippen LogP contribution in [0.1, 0.15) is 69.4 Å². The number of carboxylic acids is 1. The number of amides is 2. The molecule has 2 amide bonds. The molecule has 0 saturated heterocycles. The largest absolute Gasteiger partial charge is 0.481 e. The Bertz CT molecular complexity index is 1050. The molecule has 4 rings (SSSR count). The van der Waals surface area contributed by atoms with E-state index in [2.05, 4.69) is 34.9 Å². The Morgan fingerprint density at radius 1 is 1.06 bits per heavy atom. The molecule has 0 heterocycles. The fraction of sp³-hybridized carbons (Fsp3) is 0.464. The number of nitrogens with one attached hydrogen (secondary N) is 2. The Labute approximate surface area is 206 Å². The van der Waals surface area contributed by atoms with Crippen LogP contribution in [0.25, 0.3) is 11.1 Å². The quantitative estimate of drug-likeness (QED) is 0.503. The van der Waals surface area contributed by atoms with Crippen LogP contribution in [0.15, 0.2) is 48.5 Å². The van der Waals surface area contributed by atoms with Gasteiger partial charge in [0.25, 0.3) is 0 Å². The topological polar surface area (TPSA) is 105 Å². The predicted octanol–water partition coefficient (Wildman–Crippen LogP) is 4.84. The maximum atomic E-state index is 12.8. The highest BCUT2D eigenvalue weighted by atomic mass is 16.5. The molecule has 186 valence electrons. The monoisotopic (exact) mass is 478 g/mol. The maximum Gasteiger partial charge on any atom is 0.407 e. The van der Waals surface area contributed by atoms with E-state index in [1.54, 1.807) is 0 Å². The molecule has 1 saturated carbocycles. The Kier molecular flexibility index (Phi) is 7.43. The van der Waals surface area contributed by atoms with Gasteiger partial charge in [0.05, 0.1) is 11.5 Å². The second-order valence-electron chi connectivity index (χ2n) is 9.88. The van der Waals surface area contributed by atoms with Crippen molar-refractivity contribution in [2.24, 2.45) is 5.92 Å². The molecule has 0 bridgehead atoms. The average molecular weight is 479 g/mol. The number of alkyl carbamates (subject to hydrolysis) is 1. The lowest BCUT2D eigenvalue weighted by Crippen LogP contribution is -2.56. The maximum absolute atomic E-state index is 12.8. The van der Waals surface area contributed by atoms with Crippen molar-refractivity contribution in [2.75, 3.05) is 6.61 Å². The number of benzene rings is 2. The van der Waals surface area contributed by atoms with Gasteiger partial charge in [0.2, 0.25) is 5.91 Å².